The number of para-hydroxylation sites is 1. The van der Waals surface area contributed by atoms with Crippen LogP contribution in [0.3, 0.4) is 0 Å². The van der Waals surface area contributed by atoms with E-state index < -0.39 is 10.0 Å². The summed E-state index contributed by atoms with van der Waals surface area (Å²) >= 11 is 1.29. The fraction of sp³-hybridized carbons (Fsp3) is 0.389. The Balaban J connectivity index is 1.65. The van der Waals surface area contributed by atoms with Crippen LogP contribution in [0.5, 0.6) is 0 Å². The molecule has 2 amide bonds. The van der Waals surface area contributed by atoms with Gasteiger partial charge in [-0.25, -0.2) is 13.2 Å². The van der Waals surface area contributed by atoms with Gasteiger partial charge in [0.2, 0.25) is 0 Å². The van der Waals surface area contributed by atoms with Gasteiger partial charge < -0.3 is 10.6 Å². The van der Waals surface area contributed by atoms with Gasteiger partial charge >= 0.3 is 6.03 Å². The summed E-state index contributed by atoms with van der Waals surface area (Å²) in [5.74, 6) is 0. The first kappa shape index (κ1) is 18.9. The highest BCUT2D eigenvalue weighted by atomic mass is 32.2. The predicted octanol–water partition coefficient (Wildman–Crippen LogP) is 3.42. The number of anilines is 1. The van der Waals surface area contributed by atoms with E-state index >= 15 is 0 Å². The third-order valence-electron chi connectivity index (χ3n) is 4.38. The summed E-state index contributed by atoms with van der Waals surface area (Å²) in [6, 6.07) is 12.1. The van der Waals surface area contributed by atoms with Gasteiger partial charge in [-0.3, -0.25) is 0 Å². The molecule has 1 atom stereocenters. The van der Waals surface area contributed by atoms with E-state index in [0.29, 0.717) is 23.0 Å². The van der Waals surface area contributed by atoms with Crippen molar-refractivity contribution in [2.75, 3.05) is 18.4 Å². The quantitative estimate of drug-likeness (QED) is 0.817. The number of amides is 2. The number of nitrogens with zero attached hydrogens (tertiary/aromatic N) is 1. The average Bonchev–Trinajstić information content (AvgIpc) is 3.08. The fourth-order valence-electron chi connectivity index (χ4n) is 3.07. The molecule has 2 heterocycles. The Morgan fingerprint density at radius 2 is 1.96 bits per heavy atom. The molecule has 26 heavy (non-hydrogen) atoms. The first-order valence-corrected chi connectivity index (χ1v) is 10.9. The van der Waals surface area contributed by atoms with E-state index in [1.807, 2.05) is 31.2 Å². The molecule has 6 nitrogen and oxygen atoms in total. The summed E-state index contributed by atoms with van der Waals surface area (Å²) in [6.45, 7) is 2.68. The highest BCUT2D eigenvalue weighted by molar-refractivity contribution is 7.91. The van der Waals surface area contributed by atoms with Crippen LogP contribution in [0, 0.1) is 6.92 Å². The van der Waals surface area contributed by atoms with Crippen LogP contribution in [0.2, 0.25) is 0 Å². The van der Waals surface area contributed by atoms with Gasteiger partial charge in [-0.15, -0.1) is 11.3 Å². The van der Waals surface area contributed by atoms with Gasteiger partial charge in [0, 0.05) is 29.7 Å². The highest BCUT2D eigenvalue weighted by Crippen LogP contribution is 2.29. The van der Waals surface area contributed by atoms with Gasteiger partial charge in [0.15, 0.2) is 0 Å². The molecular weight excluding hydrogens is 370 g/mol. The van der Waals surface area contributed by atoms with Crippen molar-refractivity contribution >= 4 is 33.1 Å². The van der Waals surface area contributed by atoms with Gasteiger partial charge in [-0.1, -0.05) is 24.6 Å². The lowest BCUT2D eigenvalue weighted by molar-refractivity contribution is 0.231. The van der Waals surface area contributed by atoms with Crippen LogP contribution in [0.25, 0.3) is 0 Å². The maximum atomic E-state index is 13.0. The topological polar surface area (TPSA) is 78.5 Å². The van der Waals surface area contributed by atoms with Gasteiger partial charge in [0.05, 0.1) is 0 Å². The Morgan fingerprint density at radius 3 is 2.65 bits per heavy atom. The summed E-state index contributed by atoms with van der Waals surface area (Å²) in [4.78, 5) is 13.1. The van der Waals surface area contributed by atoms with E-state index in [1.54, 1.807) is 22.5 Å². The summed E-state index contributed by atoms with van der Waals surface area (Å²) in [5, 5.41) is 5.56. The molecule has 1 fully saturated rings. The lowest BCUT2D eigenvalue weighted by Crippen LogP contribution is -2.49. The molecule has 1 aliphatic rings. The minimum absolute atomic E-state index is 0.224. The Bertz CT molecular complexity index is 850. The Labute approximate surface area is 158 Å². The number of sulfonamides is 1. The van der Waals surface area contributed by atoms with Crippen LogP contribution in [0.1, 0.15) is 24.1 Å². The summed E-state index contributed by atoms with van der Waals surface area (Å²) < 4.78 is 27.8. The first-order valence-electron chi connectivity index (χ1n) is 8.65. The number of nitrogens with one attached hydrogen (secondary N) is 2. The number of carbonyl (C=O) groups is 1. The molecular formula is C18H23N3O3S2. The SMILES string of the molecule is Cc1ccc(S(=O)(=O)N2CCCCC2CNC(=O)Nc2ccccc2)s1. The number of piperidine rings is 1. The van der Waals surface area contributed by atoms with Crippen LogP contribution in [-0.2, 0) is 10.0 Å². The predicted molar refractivity (Wildman–Crippen MR) is 104 cm³/mol. The molecule has 0 aliphatic carbocycles. The van der Waals surface area contributed by atoms with E-state index in [9.17, 15) is 13.2 Å². The fourth-order valence-corrected chi connectivity index (χ4v) is 6.17. The Hall–Kier alpha value is -1.90. The van der Waals surface area contributed by atoms with E-state index in [4.69, 9.17) is 0 Å². The molecule has 0 saturated carbocycles. The molecule has 8 heteroatoms. The molecule has 2 aromatic rings. The lowest BCUT2D eigenvalue weighted by Gasteiger charge is -2.34. The third-order valence-corrected chi connectivity index (χ3v) is 7.80. The highest BCUT2D eigenvalue weighted by Gasteiger charge is 2.34. The van der Waals surface area contributed by atoms with E-state index in [0.717, 1.165) is 24.1 Å². The lowest BCUT2D eigenvalue weighted by atomic mass is 10.1. The van der Waals surface area contributed by atoms with Crippen LogP contribution in [-0.4, -0.2) is 37.9 Å². The second-order valence-electron chi connectivity index (χ2n) is 6.33. The smallest absolute Gasteiger partial charge is 0.319 e. The summed E-state index contributed by atoms with van der Waals surface area (Å²) in [6.07, 6.45) is 2.55. The van der Waals surface area contributed by atoms with Crippen molar-refractivity contribution in [2.24, 2.45) is 0 Å². The summed E-state index contributed by atoms with van der Waals surface area (Å²) in [5.41, 5.74) is 0.701. The number of thiophene rings is 1. The zero-order valence-corrected chi connectivity index (χ0v) is 16.3. The van der Waals surface area contributed by atoms with Crippen molar-refractivity contribution in [3.63, 3.8) is 0 Å². The molecule has 0 radical (unpaired) electrons. The molecule has 1 aromatic carbocycles. The molecule has 1 unspecified atom stereocenters. The number of urea groups is 1. The molecule has 0 spiro atoms. The van der Waals surface area contributed by atoms with Gasteiger partial charge in [-0.2, -0.15) is 4.31 Å². The first-order chi connectivity index (χ1) is 12.5. The number of aryl methyl sites for hydroxylation is 1. The van der Waals surface area contributed by atoms with E-state index in [2.05, 4.69) is 10.6 Å². The second-order valence-corrected chi connectivity index (χ2v) is 9.74. The van der Waals surface area contributed by atoms with Gasteiger partial charge in [-0.05, 0) is 44.0 Å². The minimum Gasteiger partial charge on any atom is -0.336 e. The molecule has 1 saturated heterocycles. The maximum Gasteiger partial charge on any atom is 0.319 e. The van der Waals surface area contributed by atoms with Crippen LogP contribution >= 0.6 is 11.3 Å². The standard InChI is InChI=1S/C18H23N3O3S2/c1-14-10-11-17(25-14)26(23,24)21-12-6-5-9-16(21)13-19-18(22)20-15-7-3-2-4-8-15/h2-4,7-8,10-11,16H,5-6,9,12-13H2,1H3,(H2,19,20,22). The van der Waals surface area contributed by atoms with Crippen molar-refractivity contribution < 1.29 is 13.2 Å². The van der Waals surface area contributed by atoms with Crippen molar-refractivity contribution in [1.29, 1.82) is 0 Å². The number of hydrogen-bond donors (Lipinski definition) is 2. The number of rotatable bonds is 5. The monoisotopic (exact) mass is 393 g/mol. The normalized spacial score (nSPS) is 18.4. The van der Waals surface area contributed by atoms with Crippen LogP contribution in [0.15, 0.2) is 46.7 Å². The zero-order chi connectivity index (χ0) is 18.6. The van der Waals surface area contributed by atoms with Crippen LogP contribution in [0.4, 0.5) is 10.5 Å². The van der Waals surface area contributed by atoms with Crippen molar-refractivity contribution in [3.05, 3.63) is 47.3 Å². The molecule has 140 valence electrons. The van der Waals surface area contributed by atoms with Gasteiger partial charge in [0.1, 0.15) is 4.21 Å². The van der Waals surface area contributed by atoms with E-state index in [1.165, 1.54) is 11.3 Å². The van der Waals surface area contributed by atoms with Crippen molar-refractivity contribution in [2.45, 2.75) is 36.4 Å². The average molecular weight is 394 g/mol. The molecule has 0 bridgehead atoms. The van der Waals surface area contributed by atoms with Crippen LogP contribution < -0.4 is 10.6 Å². The second kappa shape index (κ2) is 8.20. The molecule has 1 aliphatic heterocycles. The largest absolute Gasteiger partial charge is 0.336 e. The molecule has 3 rings (SSSR count). The Kier molecular flexibility index (Phi) is 5.95. The zero-order valence-electron chi connectivity index (χ0n) is 14.6. The van der Waals surface area contributed by atoms with Gasteiger partial charge in [0.25, 0.3) is 10.0 Å². The number of carbonyl (C=O) groups excluding carboxylic acids is 1. The minimum atomic E-state index is -3.52. The van der Waals surface area contributed by atoms with Crippen molar-refractivity contribution in [1.82, 2.24) is 9.62 Å². The Morgan fingerprint density at radius 1 is 1.19 bits per heavy atom. The third kappa shape index (κ3) is 4.44. The summed E-state index contributed by atoms with van der Waals surface area (Å²) in [7, 11) is -3.52. The van der Waals surface area contributed by atoms with Crippen molar-refractivity contribution in [3.8, 4) is 0 Å². The maximum absolute atomic E-state index is 13.0. The number of hydrogen-bond acceptors (Lipinski definition) is 4. The van der Waals surface area contributed by atoms with E-state index in [-0.39, 0.29) is 12.1 Å². The number of benzene rings is 1. The molecule has 1 aromatic heterocycles. The molecule has 2 N–H and O–H groups in total.